The Morgan fingerprint density at radius 2 is 2.20 bits per heavy atom. The Labute approximate surface area is 155 Å². The van der Waals surface area contributed by atoms with Crippen molar-refractivity contribution in [2.45, 2.75) is 6.92 Å². The van der Waals surface area contributed by atoms with E-state index < -0.39 is 11.9 Å². The highest BCUT2D eigenvalue weighted by molar-refractivity contribution is 9.10. The van der Waals surface area contributed by atoms with Gasteiger partial charge in [-0.3, -0.25) is 10.1 Å². The first-order chi connectivity index (χ1) is 12.0. The number of aromatic nitrogens is 1. The van der Waals surface area contributed by atoms with Crippen LogP contribution in [0.25, 0.3) is 16.3 Å². The first-order valence-corrected chi connectivity index (χ1v) is 8.88. The van der Waals surface area contributed by atoms with E-state index in [0.717, 1.165) is 15.8 Å². The van der Waals surface area contributed by atoms with Crippen LogP contribution in [0, 0.1) is 6.92 Å². The third-order valence-corrected chi connectivity index (χ3v) is 4.47. The number of aryl methyl sites for hydroxylation is 1. The number of benzene rings is 1. The summed E-state index contributed by atoms with van der Waals surface area (Å²) in [4.78, 5) is 27.8. The molecular weight excluding hydrogens is 408 g/mol. The molecule has 2 aromatic heterocycles. The van der Waals surface area contributed by atoms with Gasteiger partial charge in [-0.05, 0) is 58.8 Å². The van der Waals surface area contributed by atoms with E-state index in [1.165, 1.54) is 23.5 Å². The molecule has 0 aliphatic rings. The van der Waals surface area contributed by atoms with Gasteiger partial charge < -0.3 is 9.15 Å². The molecule has 3 rings (SSSR count). The number of hydrogen-bond donors (Lipinski definition) is 1. The second kappa shape index (κ2) is 7.62. The molecule has 0 spiro atoms. The molecule has 2 heterocycles. The van der Waals surface area contributed by atoms with E-state index in [1.54, 1.807) is 12.1 Å². The number of carbonyl (C=O) groups is 2. The van der Waals surface area contributed by atoms with Crippen molar-refractivity contribution in [3.05, 3.63) is 52.4 Å². The average Bonchev–Trinajstić information content (AvgIpc) is 3.16. The van der Waals surface area contributed by atoms with E-state index >= 15 is 0 Å². The first-order valence-electron chi connectivity index (χ1n) is 7.27. The highest BCUT2D eigenvalue weighted by atomic mass is 79.9. The number of hydrogen-bond acceptors (Lipinski definition) is 6. The van der Waals surface area contributed by atoms with Crippen molar-refractivity contribution in [2.75, 3.05) is 11.9 Å². The fourth-order valence-electron chi connectivity index (χ4n) is 1.99. The van der Waals surface area contributed by atoms with Crippen LogP contribution in [0.4, 0.5) is 5.13 Å². The summed E-state index contributed by atoms with van der Waals surface area (Å²) in [5, 5.41) is 3.10. The lowest BCUT2D eigenvalue weighted by atomic mass is 10.2. The second-order valence-corrected chi connectivity index (χ2v) is 6.93. The smallest absolute Gasteiger partial charge is 0.331 e. The zero-order chi connectivity index (χ0) is 17.8. The van der Waals surface area contributed by atoms with Crippen LogP contribution < -0.4 is 5.32 Å². The van der Waals surface area contributed by atoms with Gasteiger partial charge in [0, 0.05) is 6.08 Å². The summed E-state index contributed by atoms with van der Waals surface area (Å²) in [6.07, 6.45) is 2.65. The minimum absolute atomic E-state index is 0.389. The summed E-state index contributed by atoms with van der Waals surface area (Å²) in [5.74, 6) is -0.584. The second-order valence-electron chi connectivity index (χ2n) is 5.12. The number of carbonyl (C=O) groups excluding carboxylic acids is 2. The van der Waals surface area contributed by atoms with Gasteiger partial charge in [0.2, 0.25) is 0 Å². The van der Waals surface area contributed by atoms with E-state index in [9.17, 15) is 9.59 Å². The molecule has 0 fully saturated rings. The molecule has 0 saturated heterocycles. The number of nitrogens with one attached hydrogen (secondary N) is 1. The normalized spacial score (nSPS) is 11.1. The van der Waals surface area contributed by atoms with E-state index in [2.05, 4.69) is 26.2 Å². The van der Waals surface area contributed by atoms with Crippen LogP contribution >= 0.6 is 27.3 Å². The van der Waals surface area contributed by atoms with Crippen LogP contribution in [0.2, 0.25) is 0 Å². The maximum atomic E-state index is 11.9. The number of nitrogens with zero attached hydrogens (tertiary/aromatic N) is 1. The maximum absolute atomic E-state index is 11.9. The fraction of sp³-hybridized carbons (Fsp3) is 0.118. The molecule has 8 heteroatoms. The molecule has 0 bridgehead atoms. The summed E-state index contributed by atoms with van der Waals surface area (Å²) >= 11 is 4.53. The van der Waals surface area contributed by atoms with Crippen molar-refractivity contribution in [3.63, 3.8) is 0 Å². The van der Waals surface area contributed by atoms with Crippen molar-refractivity contribution in [3.8, 4) is 0 Å². The molecule has 3 aromatic rings. The molecule has 1 N–H and O–H groups in total. The lowest BCUT2D eigenvalue weighted by molar-refractivity contribution is -0.142. The van der Waals surface area contributed by atoms with Crippen LogP contribution in [0.3, 0.4) is 0 Å². The van der Waals surface area contributed by atoms with Crippen LogP contribution in [0.15, 0.2) is 45.5 Å². The molecule has 0 aliphatic carbocycles. The van der Waals surface area contributed by atoms with Crippen LogP contribution in [-0.4, -0.2) is 23.5 Å². The van der Waals surface area contributed by atoms with E-state index in [4.69, 9.17) is 9.15 Å². The highest BCUT2D eigenvalue weighted by Crippen LogP contribution is 2.26. The van der Waals surface area contributed by atoms with Crippen LogP contribution in [0.1, 0.15) is 11.3 Å². The quantitative estimate of drug-likeness (QED) is 0.494. The molecule has 1 amide bonds. The number of furan rings is 1. The molecule has 25 heavy (non-hydrogen) atoms. The lowest BCUT2D eigenvalue weighted by Gasteiger charge is -2.01. The standard InChI is InChI=1S/C17H13BrN2O4S/c1-10-2-5-12-13(8-10)25-17(19-12)20-15(21)9-23-16(22)7-4-11-3-6-14(18)24-11/h2-8H,9H2,1H3,(H,19,20,21)/b7-4+. The Morgan fingerprint density at radius 1 is 1.36 bits per heavy atom. The minimum Gasteiger partial charge on any atom is -0.452 e. The zero-order valence-electron chi connectivity index (χ0n) is 13.1. The summed E-state index contributed by atoms with van der Waals surface area (Å²) < 4.78 is 11.6. The fourth-order valence-corrected chi connectivity index (χ4v) is 3.29. The van der Waals surface area contributed by atoms with Crippen molar-refractivity contribution in [2.24, 2.45) is 0 Å². The SMILES string of the molecule is Cc1ccc2nc(NC(=O)COC(=O)/C=C/c3ccc(Br)o3)sc2c1. The Hall–Kier alpha value is -2.45. The number of thiazole rings is 1. The lowest BCUT2D eigenvalue weighted by Crippen LogP contribution is -2.19. The van der Waals surface area contributed by atoms with Crippen LogP contribution in [-0.2, 0) is 14.3 Å². The predicted molar refractivity (Wildman–Crippen MR) is 99.4 cm³/mol. The molecule has 6 nitrogen and oxygen atoms in total. The van der Waals surface area contributed by atoms with Gasteiger partial charge in [-0.1, -0.05) is 17.4 Å². The third kappa shape index (κ3) is 4.77. The van der Waals surface area contributed by atoms with Gasteiger partial charge in [0.05, 0.1) is 10.2 Å². The van der Waals surface area contributed by atoms with Crippen molar-refractivity contribution in [1.82, 2.24) is 4.98 Å². The largest absolute Gasteiger partial charge is 0.452 e. The number of halogens is 1. The predicted octanol–water partition coefficient (Wildman–Crippen LogP) is 4.16. The number of esters is 1. The van der Waals surface area contributed by atoms with Gasteiger partial charge >= 0.3 is 5.97 Å². The Bertz CT molecular complexity index is 961. The molecule has 0 unspecified atom stereocenters. The molecule has 0 aliphatic heterocycles. The Kier molecular flexibility index (Phi) is 5.30. The summed E-state index contributed by atoms with van der Waals surface area (Å²) in [7, 11) is 0. The summed E-state index contributed by atoms with van der Waals surface area (Å²) in [6, 6.07) is 9.25. The Balaban J connectivity index is 1.51. The first kappa shape index (κ1) is 17.4. The number of fused-ring (bicyclic) bond motifs is 1. The number of rotatable bonds is 5. The van der Waals surface area contributed by atoms with Crippen molar-refractivity contribution >= 4 is 60.6 Å². The van der Waals surface area contributed by atoms with E-state index in [1.807, 2.05) is 25.1 Å². The minimum atomic E-state index is -0.636. The third-order valence-electron chi connectivity index (χ3n) is 3.11. The number of amides is 1. The van der Waals surface area contributed by atoms with Gasteiger partial charge in [-0.15, -0.1) is 0 Å². The molecular formula is C17H13BrN2O4S. The molecule has 1 aromatic carbocycles. The monoisotopic (exact) mass is 420 g/mol. The van der Waals surface area contributed by atoms with Crippen molar-refractivity contribution in [1.29, 1.82) is 0 Å². The van der Waals surface area contributed by atoms with E-state index in [-0.39, 0.29) is 6.61 Å². The zero-order valence-corrected chi connectivity index (χ0v) is 15.5. The summed E-state index contributed by atoms with van der Waals surface area (Å²) in [5.41, 5.74) is 1.94. The summed E-state index contributed by atoms with van der Waals surface area (Å²) in [6.45, 7) is 1.60. The highest BCUT2D eigenvalue weighted by Gasteiger charge is 2.10. The van der Waals surface area contributed by atoms with Gasteiger partial charge in [0.25, 0.3) is 5.91 Å². The van der Waals surface area contributed by atoms with Crippen molar-refractivity contribution < 1.29 is 18.7 Å². The van der Waals surface area contributed by atoms with Gasteiger partial charge in [-0.25, -0.2) is 9.78 Å². The van der Waals surface area contributed by atoms with Gasteiger partial charge in [0.1, 0.15) is 5.76 Å². The number of ether oxygens (including phenoxy) is 1. The molecule has 0 radical (unpaired) electrons. The van der Waals surface area contributed by atoms with Gasteiger partial charge in [-0.2, -0.15) is 0 Å². The van der Waals surface area contributed by atoms with Gasteiger partial charge in [0.15, 0.2) is 16.4 Å². The maximum Gasteiger partial charge on any atom is 0.331 e. The topological polar surface area (TPSA) is 81.4 Å². The van der Waals surface area contributed by atoms with E-state index in [0.29, 0.717) is 15.6 Å². The molecule has 128 valence electrons. The Morgan fingerprint density at radius 3 is 2.96 bits per heavy atom. The molecule has 0 atom stereocenters. The average molecular weight is 421 g/mol. The number of anilines is 1. The molecule has 0 saturated carbocycles. The van der Waals surface area contributed by atoms with Crippen LogP contribution in [0.5, 0.6) is 0 Å².